The highest BCUT2D eigenvalue weighted by Crippen LogP contribution is 2.30. The van der Waals surface area contributed by atoms with Gasteiger partial charge in [-0.25, -0.2) is 4.98 Å². The van der Waals surface area contributed by atoms with Crippen LogP contribution in [-0.2, 0) is 10.2 Å². The third-order valence-electron chi connectivity index (χ3n) is 2.91. The van der Waals surface area contributed by atoms with Gasteiger partial charge in [0.05, 0.1) is 31.2 Å². The third-order valence-corrected chi connectivity index (χ3v) is 2.91. The molecule has 0 saturated carbocycles. The smallest absolute Gasteiger partial charge is 0.161 e. The quantitative estimate of drug-likeness (QED) is 0.836. The highest BCUT2D eigenvalue weighted by atomic mass is 16.5. The van der Waals surface area contributed by atoms with Crippen molar-refractivity contribution in [2.24, 2.45) is 0 Å². The molecule has 0 unspecified atom stereocenters. The summed E-state index contributed by atoms with van der Waals surface area (Å²) in [7, 11) is 0. The van der Waals surface area contributed by atoms with E-state index >= 15 is 0 Å². The minimum atomic E-state index is -0.597. The zero-order valence-electron chi connectivity index (χ0n) is 9.05. The summed E-state index contributed by atoms with van der Waals surface area (Å²) in [5.74, 6) is 0.671. The monoisotopic (exact) mass is 226 g/mol. The molecule has 1 saturated heterocycles. The van der Waals surface area contributed by atoms with Crippen molar-refractivity contribution in [2.75, 3.05) is 13.2 Å². The Morgan fingerprint density at radius 3 is 2.88 bits per heavy atom. The van der Waals surface area contributed by atoms with E-state index in [2.05, 4.69) is 21.0 Å². The van der Waals surface area contributed by atoms with Crippen molar-refractivity contribution in [3.63, 3.8) is 0 Å². The first-order chi connectivity index (χ1) is 8.34. The summed E-state index contributed by atoms with van der Waals surface area (Å²) < 4.78 is 5.10. The summed E-state index contributed by atoms with van der Waals surface area (Å²) in [5.41, 5.74) is 1.23. The van der Waals surface area contributed by atoms with Gasteiger partial charge in [0.25, 0.3) is 0 Å². The highest BCUT2D eigenvalue weighted by Gasteiger charge is 2.43. The Labute approximate surface area is 98.1 Å². The molecule has 84 valence electrons. The predicted octanol–water partition coefficient (Wildman–Crippen LogP) is 1.26. The standard InChI is InChI=1S/C12H10N4O/c13-6-12(7-17-8-12)11-15-5-10(16-11)9-2-1-3-14-4-9/h1-5H,7-8H2,(H,15,16). The van der Waals surface area contributed by atoms with Crippen LogP contribution >= 0.6 is 0 Å². The number of hydrogen-bond acceptors (Lipinski definition) is 4. The summed E-state index contributed by atoms with van der Waals surface area (Å²) in [6, 6.07) is 6.07. The molecule has 0 amide bonds. The van der Waals surface area contributed by atoms with Crippen LogP contribution in [0.25, 0.3) is 11.3 Å². The zero-order chi connectivity index (χ0) is 11.7. The van der Waals surface area contributed by atoms with Gasteiger partial charge in [-0.15, -0.1) is 0 Å². The van der Waals surface area contributed by atoms with Gasteiger partial charge < -0.3 is 9.72 Å². The summed E-state index contributed by atoms with van der Waals surface area (Å²) in [4.78, 5) is 11.5. The van der Waals surface area contributed by atoms with Crippen LogP contribution in [-0.4, -0.2) is 28.2 Å². The largest absolute Gasteiger partial charge is 0.377 e. The first-order valence-electron chi connectivity index (χ1n) is 5.29. The molecule has 2 aromatic rings. The summed E-state index contributed by atoms with van der Waals surface area (Å²) >= 11 is 0. The van der Waals surface area contributed by atoms with Crippen LogP contribution < -0.4 is 0 Å². The van der Waals surface area contributed by atoms with E-state index in [1.54, 1.807) is 18.6 Å². The lowest BCUT2D eigenvalue weighted by atomic mass is 9.87. The van der Waals surface area contributed by atoms with Crippen molar-refractivity contribution in [2.45, 2.75) is 5.41 Å². The van der Waals surface area contributed by atoms with Gasteiger partial charge in [-0.1, -0.05) is 0 Å². The lowest BCUT2D eigenvalue weighted by molar-refractivity contribution is -0.0335. The number of rotatable bonds is 2. The SMILES string of the molecule is N#CC1(c2ncc(-c3cccnc3)[nH]2)COC1. The van der Waals surface area contributed by atoms with Crippen LogP contribution in [0.5, 0.6) is 0 Å². The lowest BCUT2D eigenvalue weighted by Gasteiger charge is -2.32. The van der Waals surface area contributed by atoms with Gasteiger partial charge in [0.15, 0.2) is 5.41 Å². The summed E-state index contributed by atoms with van der Waals surface area (Å²) in [5, 5.41) is 9.17. The highest BCUT2D eigenvalue weighted by molar-refractivity contribution is 5.57. The molecule has 0 radical (unpaired) electrons. The minimum absolute atomic E-state index is 0.406. The molecule has 0 spiro atoms. The van der Waals surface area contributed by atoms with Crippen LogP contribution in [0.1, 0.15) is 5.82 Å². The fourth-order valence-electron chi connectivity index (χ4n) is 1.79. The van der Waals surface area contributed by atoms with Gasteiger partial charge in [-0.3, -0.25) is 4.98 Å². The molecule has 2 aromatic heterocycles. The van der Waals surface area contributed by atoms with E-state index in [-0.39, 0.29) is 0 Å². The average molecular weight is 226 g/mol. The first-order valence-corrected chi connectivity index (χ1v) is 5.29. The van der Waals surface area contributed by atoms with E-state index in [9.17, 15) is 0 Å². The van der Waals surface area contributed by atoms with Crippen LogP contribution in [0.2, 0.25) is 0 Å². The van der Waals surface area contributed by atoms with E-state index in [4.69, 9.17) is 10.00 Å². The number of nitrogens with one attached hydrogen (secondary N) is 1. The maximum atomic E-state index is 9.17. The third kappa shape index (κ3) is 1.50. The maximum absolute atomic E-state index is 9.17. The number of pyridine rings is 1. The summed E-state index contributed by atoms with van der Waals surface area (Å²) in [6.45, 7) is 0.812. The van der Waals surface area contributed by atoms with Gasteiger partial charge in [0, 0.05) is 18.0 Å². The number of imidazole rings is 1. The molecular weight excluding hydrogens is 216 g/mol. The Bertz CT molecular complexity index is 566. The fraction of sp³-hybridized carbons (Fsp3) is 0.250. The molecule has 17 heavy (non-hydrogen) atoms. The fourth-order valence-corrected chi connectivity index (χ4v) is 1.79. The molecule has 0 bridgehead atoms. The molecule has 0 aromatic carbocycles. The minimum Gasteiger partial charge on any atom is -0.377 e. The average Bonchev–Trinajstić information content (AvgIpc) is 2.80. The number of nitrogens with zero attached hydrogens (tertiary/aromatic N) is 3. The molecule has 0 atom stereocenters. The van der Waals surface area contributed by atoms with Crippen molar-refractivity contribution >= 4 is 0 Å². The number of H-pyrrole nitrogens is 1. The van der Waals surface area contributed by atoms with E-state index in [1.807, 2.05) is 12.1 Å². The Hall–Kier alpha value is -2.19. The van der Waals surface area contributed by atoms with Gasteiger partial charge in [0.2, 0.25) is 0 Å². The second-order valence-electron chi connectivity index (χ2n) is 4.07. The topological polar surface area (TPSA) is 74.6 Å². The van der Waals surface area contributed by atoms with Gasteiger partial charge >= 0.3 is 0 Å². The number of aromatic amines is 1. The molecular formula is C12H10N4O. The van der Waals surface area contributed by atoms with Gasteiger partial charge in [0.1, 0.15) is 5.82 Å². The molecule has 3 rings (SSSR count). The van der Waals surface area contributed by atoms with Crippen LogP contribution in [0.3, 0.4) is 0 Å². The van der Waals surface area contributed by atoms with E-state index in [0.29, 0.717) is 19.0 Å². The van der Waals surface area contributed by atoms with Crippen molar-refractivity contribution in [1.82, 2.24) is 15.0 Å². The number of hydrogen-bond donors (Lipinski definition) is 1. The second-order valence-corrected chi connectivity index (χ2v) is 4.07. The van der Waals surface area contributed by atoms with Crippen molar-refractivity contribution in [1.29, 1.82) is 5.26 Å². The zero-order valence-corrected chi connectivity index (χ0v) is 9.05. The Morgan fingerprint density at radius 2 is 2.29 bits per heavy atom. The van der Waals surface area contributed by atoms with Crippen LogP contribution in [0.4, 0.5) is 0 Å². The predicted molar refractivity (Wildman–Crippen MR) is 59.9 cm³/mol. The molecule has 5 nitrogen and oxygen atoms in total. The number of ether oxygens (including phenoxy) is 1. The Balaban J connectivity index is 1.97. The van der Waals surface area contributed by atoms with E-state index in [0.717, 1.165) is 11.3 Å². The van der Waals surface area contributed by atoms with Gasteiger partial charge in [-0.05, 0) is 12.1 Å². The Morgan fingerprint density at radius 1 is 1.41 bits per heavy atom. The van der Waals surface area contributed by atoms with Crippen LogP contribution in [0.15, 0.2) is 30.7 Å². The lowest BCUT2D eigenvalue weighted by Crippen LogP contribution is -2.46. The van der Waals surface area contributed by atoms with Crippen LogP contribution in [0, 0.1) is 11.3 Å². The molecule has 1 aliphatic rings. The van der Waals surface area contributed by atoms with Crippen molar-refractivity contribution in [3.8, 4) is 17.3 Å². The number of aromatic nitrogens is 3. The summed E-state index contributed by atoms with van der Waals surface area (Å²) in [6.07, 6.45) is 5.20. The van der Waals surface area contributed by atoms with Crippen molar-refractivity contribution in [3.05, 3.63) is 36.5 Å². The van der Waals surface area contributed by atoms with E-state index in [1.165, 1.54) is 0 Å². The molecule has 1 fully saturated rings. The normalized spacial score (nSPS) is 17.1. The Kier molecular flexibility index (Phi) is 2.16. The molecule has 1 N–H and O–H groups in total. The first kappa shape index (κ1) is 10.00. The second kappa shape index (κ2) is 3.68. The van der Waals surface area contributed by atoms with E-state index < -0.39 is 5.41 Å². The molecule has 0 aliphatic carbocycles. The van der Waals surface area contributed by atoms with Gasteiger partial charge in [-0.2, -0.15) is 5.26 Å². The molecule has 3 heterocycles. The molecule has 5 heteroatoms. The van der Waals surface area contributed by atoms with Crippen molar-refractivity contribution < 1.29 is 4.74 Å². The maximum Gasteiger partial charge on any atom is 0.161 e. The molecule has 1 aliphatic heterocycles. The number of nitriles is 1.